The van der Waals surface area contributed by atoms with Crippen LogP contribution in [0.5, 0.6) is 0 Å². The lowest BCUT2D eigenvalue weighted by molar-refractivity contribution is 0.271. The van der Waals surface area contributed by atoms with Crippen molar-refractivity contribution in [1.82, 2.24) is 5.32 Å². The van der Waals surface area contributed by atoms with Crippen molar-refractivity contribution in [3.05, 3.63) is 34.9 Å². The molecule has 0 aliphatic heterocycles. The zero-order chi connectivity index (χ0) is 14.7. The molecule has 2 heteroatoms. The van der Waals surface area contributed by atoms with Crippen molar-refractivity contribution in [2.24, 2.45) is 17.8 Å². The van der Waals surface area contributed by atoms with E-state index in [-0.39, 0.29) is 0 Å². The SMILES string of the molecule is CC1CCC(CCNC(c2ccc(Cl)cc2)C2CC2)CC1. The maximum Gasteiger partial charge on any atom is 0.0406 e. The second-order valence-corrected chi connectivity index (χ2v) is 7.67. The molecule has 0 amide bonds. The van der Waals surface area contributed by atoms with Crippen molar-refractivity contribution in [3.63, 3.8) is 0 Å². The van der Waals surface area contributed by atoms with Gasteiger partial charge in [-0.1, -0.05) is 56.3 Å². The maximum absolute atomic E-state index is 6.01. The fourth-order valence-electron chi connectivity index (χ4n) is 3.72. The summed E-state index contributed by atoms with van der Waals surface area (Å²) in [7, 11) is 0. The van der Waals surface area contributed by atoms with Crippen molar-refractivity contribution in [2.75, 3.05) is 6.54 Å². The average molecular weight is 306 g/mol. The van der Waals surface area contributed by atoms with Crippen LogP contribution in [-0.2, 0) is 0 Å². The van der Waals surface area contributed by atoms with Crippen molar-refractivity contribution in [3.8, 4) is 0 Å². The molecular formula is C19H28ClN. The molecule has 0 aromatic heterocycles. The van der Waals surface area contributed by atoms with Crippen LogP contribution in [0.2, 0.25) is 5.02 Å². The van der Waals surface area contributed by atoms with Gasteiger partial charge in [-0.05, 0) is 61.3 Å². The minimum absolute atomic E-state index is 0.546. The van der Waals surface area contributed by atoms with Crippen molar-refractivity contribution in [1.29, 1.82) is 0 Å². The van der Waals surface area contributed by atoms with E-state index in [1.807, 2.05) is 12.1 Å². The smallest absolute Gasteiger partial charge is 0.0406 e. The Bertz CT molecular complexity index is 429. The van der Waals surface area contributed by atoms with Crippen LogP contribution in [-0.4, -0.2) is 6.54 Å². The topological polar surface area (TPSA) is 12.0 Å². The summed E-state index contributed by atoms with van der Waals surface area (Å²) in [5.74, 6) is 2.76. The van der Waals surface area contributed by atoms with Gasteiger partial charge in [-0.25, -0.2) is 0 Å². The highest BCUT2D eigenvalue weighted by Crippen LogP contribution is 2.41. The molecule has 0 saturated heterocycles. The number of nitrogens with one attached hydrogen (secondary N) is 1. The molecule has 0 spiro atoms. The lowest BCUT2D eigenvalue weighted by Gasteiger charge is -2.27. The second kappa shape index (κ2) is 7.15. The van der Waals surface area contributed by atoms with Gasteiger partial charge in [0, 0.05) is 11.1 Å². The lowest BCUT2D eigenvalue weighted by Crippen LogP contribution is -2.26. The molecule has 3 rings (SSSR count). The summed E-state index contributed by atoms with van der Waals surface area (Å²) in [5, 5.41) is 4.67. The summed E-state index contributed by atoms with van der Waals surface area (Å²) in [4.78, 5) is 0. The van der Waals surface area contributed by atoms with Crippen LogP contribution in [0.4, 0.5) is 0 Å². The van der Waals surface area contributed by atoms with Crippen LogP contribution in [0, 0.1) is 17.8 Å². The van der Waals surface area contributed by atoms with Crippen LogP contribution >= 0.6 is 11.6 Å². The summed E-state index contributed by atoms with van der Waals surface area (Å²) in [6, 6.07) is 8.98. The van der Waals surface area contributed by atoms with E-state index in [4.69, 9.17) is 11.6 Å². The van der Waals surface area contributed by atoms with Crippen LogP contribution < -0.4 is 5.32 Å². The first-order valence-corrected chi connectivity index (χ1v) is 9.09. The molecule has 1 atom stereocenters. The van der Waals surface area contributed by atoms with Crippen molar-refractivity contribution in [2.45, 2.75) is 57.9 Å². The molecule has 2 aliphatic carbocycles. The second-order valence-electron chi connectivity index (χ2n) is 7.24. The van der Waals surface area contributed by atoms with Gasteiger partial charge in [-0.3, -0.25) is 0 Å². The Balaban J connectivity index is 1.48. The summed E-state index contributed by atoms with van der Waals surface area (Å²) in [5.41, 5.74) is 1.42. The monoisotopic (exact) mass is 305 g/mol. The predicted molar refractivity (Wildman–Crippen MR) is 90.7 cm³/mol. The molecule has 21 heavy (non-hydrogen) atoms. The molecule has 0 heterocycles. The summed E-state index contributed by atoms with van der Waals surface area (Å²) in [6.07, 6.45) is 9.86. The van der Waals surface area contributed by atoms with Gasteiger partial charge in [0.25, 0.3) is 0 Å². The van der Waals surface area contributed by atoms with Gasteiger partial charge >= 0.3 is 0 Å². The zero-order valence-electron chi connectivity index (χ0n) is 13.2. The van der Waals surface area contributed by atoms with E-state index in [1.54, 1.807) is 0 Å². The highest BCUT2D eigenvalue weighted by atomic mass is 35.5. The Morgan fingerprint density at radius 1 is 1.05 bits per heavy atom. The fourth-order valence-corrected chi connectivity index (χ4v) is 3.84. The van der Waals surface area contributed by atoms with Gasteiger partial charge in [0.15, 0.2) is 0 Å². The highest BCUT2D eigenvalue weighted by Gasteiger charge is 2.32. The van der Waals surface area contributed by atoms with Gasteiger partial charge < -0.3 is 5.32 Å². The molecule has 1 unspecified atom stereocenters. The standard InChI is InChI=1S/C19H28ClN/c1-14-2-4-15(5-3-14)12-13-21-19(16-6-7-16)17-8-10-18(20)11-9-17/h8-11,14-16,19,21H,2-7,12-13H2,1H3. The van der Waals surface area contributed by atoms with E-state index in [9.17, 15) is 0 Å². The molecule has 2 aliphatic rings. The minimum atomic E-state index is 0.546. The number of benzene rings is 1. The van der Waals surface area contributed by atoms with Gasteiger partial charge in [-0.15, -0.1) is 0 Å². The molecule has 116 valence electrons. The third-order valence-corrected chi connectivity index (χ3v) is 5.63. The quantitative estimate of drug-likeness (QED) is 0.721. The van der Waals surface area contributed by atoms with E-state index >= 15 is 0 Å². The Kier molecular flexibility index (Phi) is 5.24. The molecule has 0 bridgehead atoms. The largest absolute Gasteiger partial charge is 0.310 e. The van der Waals surface area contributed by atoms with Crippen LogP contribution in [0.3, 0.4) is 0 Å². The summed E-state index contributed by atoms with van der Waals surface area (Å²) >= 11 is 6.01. The van der Waals surface area contributed by atoms with Gasteiger partial charge in [-0.2, -0.15) is 0 Å². The first kappa shape index (κ1) is 15.4. The Labute approximate surface area is 134 Å². The van der Waals surface area contributed by atoms with E-state index in [0.29, 0.717) is 6.04 Å². The summed E-state index contributed by atoms with van der Waals surface area (Å²) < 4.78 is 0. The predicted octanol–water partition coefficient (Wildman–Crippen LogP) is 5.60. The fraction of sp³-hybridized carbons (Fsp3) is 0.684. The first-order valence-electron chi connectivity index (χ1n) is 8.71. The van der Waals surface area contributed by atoms with Gasteiger partial charge in [0.1, 0.15) is 0 Å². The van der Waals surface area contributed by atoms with Gasteiger partial charge in [0.2, 0.25) is 0 Å². The third-order valence-electron chi connectivity index (χ3n) is 5.37. The molecule has 1 nitrogen and oxygen atoms in total. The molecule has 1 aromatic carbocycles. The molecular weight excluding hydrogens is 278 g/mol. The summed E-state index contributed by atoms with van der Waals surface area (Å²) in [6.45, 7) is 3.57. The van der Waals surface area contributed by atoms with Gasteiger partial charge in [0.05, 0.1) is 0 Å². The Morgan fingerprint density at radius 3 is 2.33 bits per heavy atom. The van der Waals surface area contributed by atoms with E-state index in [0.717, 1.165) is 22.8 Å². The molecule has 1 aromatic rings. The normalized spacial score (nSPS) is 27.5. The molecule has 1 N–H and O–H groups in total. The van der Waals surface area contributed by atoms with E-state index in [2.05, 4.69) is 24.4 Å². The maximum atomic E-state index is 6.01. The third kappa shape index (κ3) is 4.47. The van der Waals surface area contributed by atoms with Crippen molar-refractivity contribution >= 4 is 11.6 Å². The van der Waals surface area contributed by atoms with Crippen LogP contribution in [0.15, 0.2) is 24.3 Å². The number of hydrogen-bond acceptors (Lipinski definition) is 1. The van der Waals surface area contributed by atoms with E-state index < -0.39 is 0 Å². The first-order chi connectivity index (χ1) is 10.2. The zero-order valence-corrected chi connectivity index (χ0v) is 13.9. The molecule has 2 saturated carbocycles. The number of halogens is 1. The minimum Gasteiger partial charge on any atom is -0.310 e. The molecule has 2 fully saturated rings. The van der Waals surface area contributed by atoms with Crippen LogP contribution in [0.25, 0.3) is 0 Å². The Morgan fingerprint density at radius 2 is 1.71 bits per heavy atom. The average Bonchev–Trinajstić information content (AvgIpc) is 3.31. The highest BCUT2D eigenvalue weighted by molar-refractivity contribution is 6.30. The molecule has 0 radical (unpaired) electrons. The van der Waals surface area contributed by atoms with E-state index in [1.165, 1.54) is 57.1 Å². The Hall–Kier alpha value is -0.530. The number of rotatable bonds is 6. The van der Waals surface area contributed by atoms with Crippen molar-refractivity contribution < 1.29 is 0 Å². The van der Waals surface area contributed by atoms with Crippen LogP contribution in [0.1, 0.15) is 63.5 Å². The lowest BCUT2D eigenvalue weighted by atomic mass is 9.81. The number of hydrogen-bond donors (Lipinski definition) is 1.